The molecule has 0 heterocycles. The molecule has 0 atom stereocenters. The highest BCUT2D eigenvalue weighted by molar-refractivity contribution is 9.10. The first kappa shape index (κ1) is 14.9. The molecule has 4 heteroatoms. The van der Waals surface area contributed by atoms with Crippen LogP contribution in [0, 0.1) is 0 Å². The van der Waals surface area contributed by atoms with Gasteiger partial charge in [0.2, 0.25) is 0 Å². The number of rotatable bonds is 7. The van der Waals surface area contributed by atoms with Crippen LogP contribution in [0.1, 0.15) is 5.56 Å². The maximum Gasteiger partial charge on any atom is 0.120 e. The van der Waals surface area contributed by atoms with E-state index in [-0.39, 0.29) is 0 Å². The number of hydrogen-bond acceptors (Lipinski definition) is 3. The predicted molar refractivity (Wildman–Crippen MR) is 82.3 cm³/mol. The summed E-state index contributed by atoms with van der Waals surface area (Å²) in [7, 11) is 1.66. The maximum atomic E-state index is 5.59. The molecule has 106 valence electrons. The Hall–Kier alpha value is -1.52. The van der Waals surface area contributed by atoms with Crippen LogP contribution in [-0.2, 0) is 11.3 Å². The van der Waals surface area contributed by atoms with Gasteiger partial charge in [0, 0.05) is 4.47 Å². The summed E-state index contributed by atoms with van der Waals surface area (Å²) in [6, 6.07) is 15.6. The molecule has 0 spiro atoms. The van der Waals surface area contributed by atoms with E-state index in [1.165, 1.54) is 0 Å². The minimum absolute atomic E-state index is 0.534. The molecular weight excluding hydrogens is 320 g/mol. The Morgan fingerprint density at radius 3 is 2.45 bits per heavy atom. The highest BCUT2D eigenvalue weighted by atomic mass is 79.9. The van der Waals surface area contributed by atoms with E-state index in [1.54, 1.807) is 7.11 Å². The first-order valence-electron chi connectivity index (χ1n) is 6.37. The molecule has 0 aliphatic carbocycles. The normalized spacial score (nSPS) is 10.3. The molecule has 0 unspecified atom stereocenters. The van der Waals surface area contributed by atoms with Crippen molar-refractivity contribution < 1.29 is 14.2 Å². The predicted octanol–water partition coefficient (Wildman–Crippen LogP) is 4.05. The minimum atomic E-state index is 0.534. The lowest BCUT2D eigenvalue weighted by molar-refractivity contribution is 0.0889. The lowest BCUT2D eigenvalue weighted by Gasteiger charge is -2.08. The summed E-state index contributed by atoms with van der Waals surface area (Å²) in [5.41, 5.74) is 1.12. The molecule has 0 N–H and O–H groups in total. The van der Waals surface area contributed by atoms with Gasteiger partial charge < -0.3 is 14.2 Å². The van der Waals surface area contributed by atoms with Gasteiger partial charge in [0.05, 0.1) is 20.3 Å². The topological polar surface area (TPSA) is 27.7 Å². The molecule has 2 rings (SSSR count). The zero-order valence-electron chi connectivity index (χ0n) is 11.3. The van der Waals surface area contributed by atoms with Crippen LogP contribution in [0.4, 0.5) is 0 Å². The van der Waals surface area contributed by atoms with Gasteiger partial charge in [0.25, 0.3) is 0 Å². The van der Waals surface area contributed by atoms with E-state index in [2.05, 4.69) is 15.9 Å². The smallest absolute Gasteiger partial charge is 0.120 e. The molecule has 0 bridgehead atoms. The number of halogens is 1. The summed E-state index contributed by atoms with van der Waals surface area (Å²) in [6.07, 6.45) is 0. The SMILES string of the molecule is COc1ccc(COCCOc2cccc(Br)c2)cc1. The third-order valence-electron chi connectivity index (χ3n) is 2.72. The van der Waals surface area contributed by atoms with Gasteiger partial charge in [-0.05, 0) is 35.9 Å². The largest absolute Gasteiger partial charge is 0.497 e. The summed E-state index contributed by atoms with van der Waals surface area (Å²) in [4.78, 5) is 0. The van der Waals surface area contributed by atoms with Crippen LogP contribution in [0.2, 0.25) is 0 Å². The molecule has 0 saturated heterocycles. The van der Waals surface area contributed by atoms with Crippen LogP contribution in [0.15, 0.2) is 53.0 Å². The number of methoxy groups -OCH3 is 1. The zero-order chi connectivity index (χ0) is 14.2. The maximum absolute atomic E-state index is 5.59. The molecule has 0 amide bonds. The zero-order valence-corrected chi connectivity index (χ0v) is 12.9. The molecular formula is C16H17BrO3. The van der Waals surface area contributed by atoms with Crippen LogP contribution < -0.4 is 9.47 Å². The number of benzene rings is 2. The first-order valence-corrected chi connectivity index (χ1v) is 7.16. The Kier molecular flexibility index (Phi) is 5.89. The molecule has 2 aromatic carbocycles. The van der Waals surface area contributed by atoms with E-state index >= 15 is 0 Å². The highest BCUT2D eigenvalue weighted by Crippen LogP contribution is 2.17. The third kappa shape index (κ3) is 4.87. The average molecular weight is 337 g/mol. The summed E-state index contributed by atoms with van der Waals surface area (Å²) in [5.74, 6) is 1.69. The van der Waals surface area contributed by atoms with Crippen molar-refractivity contribution in [1.82, 2.24) is 0 Å². The van der Waals surface area contributed by atoms with Crippen LogP contribution >= 0.6 is 15.9 Å². The van der Waals surface area contributed by atoms with Crippen molar-refractivity contribution in [3.05, 3.63) is 58.6 Å². The fourth-order valence-corrected chi connectivity index (χ4v) is 2.07. The van der Waals surface area contributed by atoms with Gasteiger partial charge in [0.1, 0.15) is 18.1 Å². The minimum Gasteiger partial charge on any atom is -0.497 e. The van der Waals surface area contributed by atoms with Crippen molar-refractivity contribution in [2.24, 2.45) is 0 Å². The molecule has 0 aromatic heterocycles. The van der Waals surface area contributed by atoms with Gasteiger partial charge >= 0.3 is 0 Å². The van der Waals surface area contributed by atoms with E-state index < -0.39 is 0 Å². The second-order valence-corrected chi connectivity index (χ2v) is 5.12. The van der Waals surface area contributed by atoms with Gasteiger partial charge in [-0.3, -0.25) is 0 Å². The van der Waals surface area contributed by atoms with E-state index in [0.29, 0.717) is 19.8 Å². The summed E-state index contributed by atoms with van der Waals surface area (Å²) >= 11 is 3.41. The number of ether oxygens (including phenoxy) is 3. The highest BCUT2D eigenvalue weighted by Gasteiger charge is 1.97. The quantitative estimate of drug-likeness (QED) is 0.714. The van der Waals surface area contributed by atoms with Gasteiger partial charge in [-0.2, -0.15) is 0 Å². The molecule has 3 nitrogen and oxygen atoms in total. The standard InChI is InChI=1S/C16H17BrO3/c1-18-15-7-5-13(6-8-15)12-19-9-10-20-16-4-2-3-14(17)11-16/h2-8,11H,9-10,12H2,1H3. The fraction of sp³-hybridized carbons (Fsp3) is 0.250. The summed E-state index contributed by atoms with van der Waals surface area (Å²) < 4.78 is 17.3. The lowest BCUT2D eigenvalue weighted by atomic mass is 10.2. The molecule has 0 aliphatic rings. The number of hydrogen-bond donors (Lipinski definition) is 0. The van der Waals surface area contributed by atoms with Crippen molar-refractivity contribution in [1.29, 1.82) is 0 Å². The monoisotopic (exact) mass is 336 g/mol. The summed E-state index contributed by atoms with van der Waals surface area (Å²) in [5, 5.41) is 0. The Morgan fingerprint density at radius 2 is 1.75 bits per heavy atom. The molecule has 20 heavy (non-hydrogen) atoms. The third-order valence-corrected chi connectivity index (χ3v) is 3.21. The second kappa shape index (κ2) is 7.92. The van der Waals surface area contributed by atoms with Gasteiger partial charge in [-0.1, -0.05) is 34.1 Å². The van der Waals surface area contributed by atoms with E-state index in [0.717, 1.165) is 21.5 Å². The van der Waals surface area contributed by atoms with Crippen molar-refractivity contribution in [2.45, 2.75) is 6.61 Å². The molecule has 2 aromatic rings. The van der Waals surface area contributed by atoms with Gasteiger partial charge in [-0.25, -0.2) is 0 Å². The van der Waals surface area contributed by atoms with Crippen LogP contribution in [0.25, 0.3) is 0 Å². The fourth-order valence-electron chi connectivity index (χ4n) is 1.69. The second-order valence-electron chi connectivity index (χ2n) is 4.21. The summed E-state index contributed by atoms with van der Waals surface area (Å²) in [6.45, 7) is 1.66. The van der Waals surface area contributed by atoms with Crippen molar-refractivity contribution in [3.63, 3.8) is 0 Å². The van der Waals surface area contributed by atoms with E-state index in [9.17, 15) is 0 Å². The Bertz CT molecular complexity index is 526. The van der Waals surface area contributed by atoms with E-state index in [1.807, 2.05) is 48.5 Å². The van der Waals surface area contributed by atoms with Crippen LogP contribution in [-0.4, -0.2) is 20.3 Å². The lowest BCUT2D eigenvalue weighted by Crippen LogP contribution is -2.06. The van der Waals surface area contributed by atoms with Crippen molar-refractivity contribution >= 4 is 15.9 Å². The van der Waals surface area contributed by atoms with Gasteiger partial charge in [0.15, 0.2) is 0 Å². The van der Waals surface area contributed by atoms with Gasteiger partial charge in [-0.15, -0.1) is 0 Å². The van der Waals surface area contributed by atoms with Crippen molar-refractivity contribution in [3.8, 4) is 11.5 Å². The Labute approximate surface area is 127 Å². The molecule has 0 aliphatic heterocycles. The van der Waals surface area contributed by atoms with E-state index in [4.69, 9.17) is 14.2 Å². The molecule has 0 fully saturated rings. The average Bonchev–Trinajstić information content (AvgIpc) is 2.48. The Balaban J connectivity index is 1.66. The first-order chi connectivity index (χ1) is 9.78. The van der Waals surface area contributed by atoms with Crippen LogP contribution in [0.3, 0.4) is 0 Å². The molecule has 0 saturated carbocycles. The molecule has 0 radical (unpaired) electrons. The van der Waals surface area contributed by atoms with Crippen LogP contribution in [0.5, 0.6) is 11.5 Å². The Morgan fingerprint density at radius 1 is 0.950 bits per heavy atom. The van der Waals surface area contributed by atoms with Crippen molar-refractivity contribution in [2.75, 3.05) is 20.3 Å².